The normalized spacial score (nSPS) is 22.2. The Bertz CT molecular complexity index is 1160. The molecule has 9 heteroatoms. The Morgan fingerprint density at radius 3 is 2.91 bits per heavy atom. The van der Waals surface area contributed by atoms with Gasteiger partial charge in [0.1, 0.15) is 5.82 Å². The van der Waals surface area contributed by atoms with E-state index in [2.05, 4.69) is 28.0 Å². The molecule has 2 aliphatic rings. The van der Waals surface area contributed by atoms with Gasteiger partial charge in [-0.2, -0.15) is 5.10 Å². The van der Waals surface area contributed by atoms with Gasteiger partial charge in [-0.15, -0.1) is 0 Å². The number of aryl methyl sites for hydroxylation is 1. The first-order valence-corrected chi connectivity index (χ1v) is 12.3. The second-order valence-electron chi connectivity index (χ2n) is 9.43. The van der Waals surface area contributed by atoms with Crippen molar-refractivity contribution < 1.29 is 9.90 Å². The van der Waals surface area contributed by atoms with Gasteiger partial charge in [0.05, 0.1) is 34.5 Å². The molecule has 1 aromatic carbocycles. The topological polar surface area (TPSA) is 88.2 Å². The standard InChI is InChI=1S/C24H31ClN6O2/c1-15(13-29-14-17(25)12-27-29)23-28-22-19-6-5-16(2)30(24(32)33)20(19)7-8-21(22)31(23)18-4-3-10-26-11-9-18/h7-8,12,14-16,18,26H,3-6,9-11,13H2,1-2H3,(H,32,33)/t15-,16-,18-/m0/s1. The van der Waals surface area contributed by atoms with E-state index in [0.29, 0.717) is 17.6 Å². The van der Waals surface area contributed by atoms with Crippen molar-refractivity contribution in [3.63, 3.8) is 0 Å². The van der Waals surface area contributed by atoms with Crippen molar-refractivity contribution in [1.82, 2.24) is 24.6 Å². The number of aromatic nitrogens is 4. The molecule has 1 amide bonds. The molecule has 33 heavy (non-hydrogen) atoms. The maximum atomic E-state index is 12.0. The van der Waals surface area contributed by atoms with Gasteiger partial charge in [-0.1, -0.05) is 18.5 Å². The lowest BCUT2D eigenvalue weighted by molar-refractivity contribution is 0.198. The maximum absolute atomic E-state index is 12.0. The summed E-state index contributed by atoms with van der Waals surface area (Å²) in [5.74, 6) is 1.16. The van der Waals surface area contributed by atoms with Crippen LogP contribution in [0, 0.1) is 0 Å². The van der Waals surface area contributed by atoms with Gasteiger partial charge in [0.2, 0.25) is 0 Å². The Morgan fingerprint density at radius 2 is 2.15 bits per heavy atom. The number of carboxylic acid groups (broad SMARTS) is 1. The molecule has 0 spiro atoms. The number of fused-ring (bicyclic) bond motifs is 3. The molecule has 4 heterocycles. The van der Waals surface area contributed by atoms with E-state index in [1.807, 2.05) is 23.9 Å². The fourth-order valence-corrected chi connectivity index (χ4v) is 5.65. The Balaban J connectivity index is 1.64. The molecular weight excluding hydrogens is 440 g/mol. The number of hydrogen-bond donors (Lipinski definition) is 2. The van der Waals surface area contributed by atoms with Gasteiger partial charge in [-0.3, -0.25) is 9.58 Å². The highest BCUT2D eigenvalue weighted by Crippen LogP contribution is 2.39. The summed E-state index contributed by atoms with van der Waals surface area (Å²) in [4.78, 5) is 18.7. The summed E-state index contributed by atoms with van der Waals surface area (Å²) in [6.07, 6.45) is 7.51. The van der Waals surface area contributed by atoms with Crippen LogP contribution in [-0.4, -0.2) is 49.7 Å². The van der Waals surface area contributed by atoms with Crippen LogP contribution in [0.1, 0.15) is 62.9 Å². The van der Waals surface area contributed by atoms with Crippen LogP contribution >= 0.6 is 11.6 Å². The minimum atomic E-state index is -0.902. The number of rotatable bonds is 4. The van der Waals surface area contributed by atoms with E-state index in [1.54, 1.807) is 6.20 Å². The summed E-state index contributed by atoms with van der Waals surface area (Å²) in [6, 6.07) is 4.38. The Labute approximate surface area is 198 Å². The van der Waals surface area contributed by atoms with Crippen molar-refractivity contribution >= 4 is 34.4 Å². The highest BCUT2D eigenvalue weighted by Gasteiger charge is 2.32. The highest BCUT2D eigenvalue weighted by atomic mass is 35.5. The molecule has 0 unspecified atom stereocenters. The summed E-state index contributed by atoms with van der Waals surface area (Å²) in [6.45, 7) is 6.87. The van der Waals surface area contributed by atoms with Crippen LogP contribution in [0.2, 0.25) is 5.02 Å². The predicted molar refractivity (Wildman–Crippen MR) is 129 cm³/mol. The molecule has 176 valence electrons. The van der Waals surface area contributed by atoms with Crippen LogP contribution in [0.5, 0.6) is 0 Å². The summed E-state index contributed by atoms with van der Waals surface area (Å²) in [5.41, 5.74) is 3.89. The second kappa shape index (κ2) is 8.99. The summed E-state index contributed by atoms with van der Waals surface area (Å²) in [5, 5.41) is 18.4. The van der Waals surface area contributed by atoms with Crippen LogP contribution in [0.3, 0.4) is 0 Å². The smallest absolute Gasteiger partial charge is 0.412 e. The van der Waals surface area contributed by atoms with Crippen molar-refractivity contribution in [2.24, 2.45) is 0 Å². The zero-order valence-corrected chi connectivity index (χ0v) is 19.9. The predicted octanol–water partition coefficient (Wildman–Crippen LogP) is 4.82. The van der Waals surface area contributed by atoms with E-state index in [1.165, 1.54) is 4.90 Å². The molecule has 0 aliphatic carbocycles. The van der Waals surface area contributed by atoms with Crippen molar-refractivity contribution in [2.75, 3.05) is 18.0 Å². The van der Waals surface area contributed by atoms with Gasteiger partial charge in [-0.25, -0.2) is 9.78 Å². The summed E-state index contributed by atoms with van der Waals surface area (Å²) >= 11 is 6.09. The molecule has 2 aromatic heterocycles. The van der Waals surface area contributed by atoms with Crippen molar-refractivity contribution in [1.29, 1.82) is 0 Å². The van der Waals surface area contributed by atoms with Crippen molar-refractivity contribution in [2.45, 2.75) is 70.5 Å². The Kier molecular flexibility index (Phi) is 6.05. The minimum absolute atomic E-state index is 0.0366. The molecule has 0 saturated carbocycles. The Hall–Kier alpha value is -2.58. The first kappa shape index (κ1) is 22.2. The van der Waals surface area contributed by atoms with E-state index in [4.69, 9.17) is 16.6 Å². The zero-order chi connectivity index (χ0) is 23.1. The Morgan fingerprint density at radius 1 is 1.30 bits per heavy atom. The van der Waals surface area contributed by atoms with E-state index in [9.17, 15) is 9.90 Å². The third kappa shape index (κ3) is 4.10. The highest BCUT2D eigenvalue weighted by molar-refractivity contribution is 6.30. The molecule has 1 saturated heterocycles. The first-order valence-electron chi connectivity index (χ1n) is 11.9. The minimum Gasteiger partial charge on any atom is -0.465 e. The molecule has 0 radical (unpaired) electrons. The molecular formula is C24H31ClN6O2. The molecule has 2 aliphatic heterocycles. The molecule has 8 nitrogen and oxygen atoms in total. The van der Waals surface area contributed by atoms with Crippen LogP contribution in [0.15, 0.2) is 24.5 Å². The summed E-state index contributed by atoms with van der Waals surface area (Å²) in [7, 11) is 0. The third-order valence-electron chi connectivity index (χ3n) is 7.10. The number of carbonyl (C=O) groups is 1. The molecule has 3 aromatic rings. The number of halogens is 1. The third-order valence-corrected chi connectivity index (χ3v) is 7.30. The number of hydrogen-bond acceptors (Lipinski definition) is 4. The number of anilines is 1. The maximum Gasteiger partial charge on any atom is 0.412 e. The van der Waals surface area contributed by atoms with E-state index >= 15 is 0 Å². The molecule has 3 atom stereocenters. The van der Waals surface area contributed by atoms with Crippen LogP contribution in [0.4, 0.5) is 10.5 Å². The molecule has 2 N–H and O–H groups in total. The average molecular weight is 471 g/mol. The lowest BCUT2D eigenvalue weighted by Gasteiger charge is -2.33. The van der Waals surface area contributed by atoms with E-state index in [0.717, 1.165) is 73.3 Å². The molecule has 5 rings (SSSR count). The fraction of sp³-hybridized carbons (Fsp3) is 0.542. The quantitative estimate of drug-likeness (QED) is 0.570. The largest absolute Gasteiger partial charge is 0.465 e. The van der Waals surface area contributed by atoms with Gasteiger partial charge < -0.3 is 15.0 Å². The fourth-order valence-electron chi connectivity index (χ4n) is 5.50. The van der Waals surface area contributed by atoms with Gasteiger partial charge >= 0.3 is 6.09 Å². The number of amides is 1. The second-order valence-corrected chi connectivity index (χ2v) is 9.86. The van der Waals surface area contributed by atoms with Gasteiger partial charge in [0, 0.05) is 29.8 Å². The van der Waals surface area contributed by atoms with Gasteiger partial charge in [0.25, 0.3) is 0 Å². The molecule has 1 fully saturated rings. The number of nitrogens with one attached hydrogen (secondary N) is 1. The average Bonchev–Trinajstić information content (AvgIpc) is 3.26. The van der Waals surface area contributed by atoms with Gasteiger partial charge in [0.15, 0.2) is 0 Å². The lowest BCUT2D eigenvalue weighted by Crippen LogP contribution is -2.41. The lowest BCUT2D eigenvalue weighted by atomic mass is 9.95. The number of nitrogens with zero attached hydrogens (tertiary/aromatic N) is 5. The van der Waals surface area contributed by atoms with Crippen molar-refractivity contribution in [3.8, 4) is 0 Å². The first-order chi connectivity index (χ1) is 15.9. The van der Waals surface area contributed by atoms with Gasteiger partial charge in [-0.05, 0) is 64.3 Å². The summed E-state index contributed by atoms with van der Waals surface area (Å²) < 4.78 is 4.30. The van der Waals surface area contributed by atoms with E-state index < -0.39 is 6.09 Å². The van der Waals surface area contributed by atoms with Crippen LogP contribution < -0.4 is 10.2 Å². The monoisotopic (exact) mass is 470 g/mol. The van der Waals surface area contributed by atoms with Crippen LogP contribution in [0.25, 0.3) is 11.0 Å². The van der Waals surface area contributed by atoms with E-state index in [-0.39, 0.29) is 12.0 Å². The van der Waals surface area contributed by atoms with Crippen molar-refractivity contribution in [3.05, 3.63) is 40.9 Å². The number of imidazole rings is 1. The SMILES string of the molecule is C[C@@H](Cn1cc(Cl)cn1)c1nc2c3c(ccc2n1[C@H]1CCCNCC1)N(C(=O)O)[C@@H](C)CC3. The zero-order valence-electron chi connectivity index (χ0n) is 19.2. The van der Waals surface area contributed by atoms with Crippen LogP contribution in [-0.2, 0) is 13.0 Å². The number of benzene rings is 1. The molecule has 0 bridgehead atoms.